The van der Waals surface area contributed by atoms with E-state index in [1.165, 1.54) is 28.4 Å². The molecular weight excluding hydrogens is 467 g/mol. The average molecular weight is 487 g/mol. The van der Waals surface area contributed by atoms with E-state index in [2.05, 4.69) is 4.98 Å². The smallest absolute Gasteiger partial charge is 0.297 e. The van der Waals surface area contributed by atoms with Crippen LogP contribution < -0.4 is 15.1 Å². The molecule has 0 saturated carbocycles. The molecule has 35 heavy (non-hydrogen) atoms. The molecule has 6 rings (SSSR count). The minimum Gasteiger partial charge on any atom is -0.494 e. The van der Waals surface area contributed by atoms with Gasteiger partial charge in [0.15, 0.2) is 10.6 Å². The second-order valence-corrected chi connectivity index (χ2v) is 9.37. The number of amides is 1. The highest BCUT2D eigenvalue weighted by molar-refractivity contribution is 7.22. The fourth-order valence-corrected chi connectivity index (χ4v) is 5.55. The van der Waals surface area contributed by atoms with Gasteiger partial charge in [-0.1, -0.05) is 35.1 Å². The van der Waals surface area contributed by atoms with E-state index >= 15 is 0 Å². The van der Waals surface area contributed by atoms with Crippen LogP contribution in [0.2, 0.25) is 0 Å². The number of aromatic nitrogens is 1. The molecule has 0 N–H and O–H groups in total. The summed E-state index contributed by atoms with van der Waals surface area (Å²) in [6.45, 7) is 4.26. The number of benzene rings is 3. The number of nitrogens with zero attached hydrogens (tertiary/aromatic N) is 2. The van der Waals surface area contributed by atoms with Crippen molar-refractivity contribution in [1.29, 1.82) is 0 Å². The molecule has 1 atom stereocenters. The molecule has 5 aromatic rings. The first kappa shape index (κ1) is 21.5. The molecule has 1 aliphatic rings. The summed E-state index contributed by atoms with van der Waals surface area (Å²) in [4.78, 5) is 33.6. The molecule has 0 saturated heterocycles. The first-order valence-corrected chi connectivity index (χ1v) is 12.0. The van der Waals surface area contributed by atoms with Gasteiger partial charge in [0.2, 0.25) is 5.76 Å². The molecule has 3 heterocycles. The number of hydrogen-bond donors (Lipinski definition) is 0. The minimum atomic E-state index is -0.774. The number of carbonyl (C=O) groups is 1. The van der Waals surface area contributed by atoms with Crippen molar-refractivity contribution < 1.29 is 18.3 Å². The van der Waals surface area contributed by atoms with E-state index in [1.807, 2.05) is 44.2 Å². The highest BCUT2D eigenvalue weighted by atomic mass is 32.1. The monoisotopic (exact) mass is 486 g/mol. The van der Waals surface area contributed by atoms with E-state index in [1.54, 1.807) is 18.2 Å². The maximum atomic E-state index is 13.8. The number of halogens is 1. The lowest BCUT2D eigenvalue weighted by molar-refractivity contribution is 0.0971. The summed E-state index contributed by atoms with van der Waals surface area (Å²) >= 11 is 1.19. The third kappa shape index (κ3) is 3.40. The first-order valence-electron chi connectivity index (χ1n) is 11.1. The van der Waals surface area contributed by atoms with Gasteiger partial charge in [0.1, 0.15) is 17.1 Å². The molecule has 0 fully saturated rings. The topological polar surface area (TPSA) is 72.6 Å². The van der Waals surface area contributed by atoms with Crippen LogP contribution in [0.3, 0.4) is 0 Å². The van der Waals surface area contributed by atoms with Crippen LogP contribution in [-0.4, -0.2) is 17.5 Å². The van der Waals surface area contributed by atoms with Crippen LogP contribution in [0, 0.1) is 12.7 Å². The Morgan fingerprint density at radius 1 is 1.11 bits per heavy atom. The normalized spacial score (nSPS) is 15.2. The van der Waals surface area contributed by atoms with Gasteiger partial charge in [-0.2, -0.15) is 0 Å². The van der Waals surface area contributed by atoms with Crippen molar-refractivity contribution in [2.75, 3.05) is 11.5 Å². The highest BCUT2D eigenvalue weighted by Crippen LogP contribution is 2.44. The van der Waals surface area contributed by atoms with Gasteiger partial charge in [0.25, 0.3) is 5.91 Å². The summed E-state index contributed by atoms with van der Waals surface area (Å²) in [5.74, 6) is -0.240. The number of aryl methyl sites for hydroxylation is 1. The molecule has 0 radical (unpaired) electrons. The summed E-state index contributed by atoms with van der Waals surface area (Å²) in [7, 11) is 0. The largest absolute Gasteiger partial charge is 0.494 e. The van der Waals surface area contributed by atoms with Gasteiger partial charge in [-0.3, -0.25) is 14.5 Å². The Labute approximate surface area is 203 Å². The van der Waals surface area contributed by atoms with Gasteiger partial charge in [-0.05, 0) is 61.9 Å². The fourth-order valence-electron chi connectivity index (χ4n) is 4.53. The lowest BCUT2D eigenvalue weighted by Gasteiger charge is -2.23. The Morgan fingerprint density at radius 2 is 1.97 bits per heavy atom. The van der Waals surface area contributed by atoms with E-state index in [0.717, 1.165) is 5.56 Å². The maximum absolute atomic E-state index is 13.8. The highest BCUT2D eigenvalue weighted by Gasteiger charge is 2.45. The second kappa shape index (κ2) is 8.02. The van der Waals surface area contributed by atoms with Crippen LogP contribution in [0.4, 0.5) is 9.52 Å². The fraction of sp³-hybridized carbons (Fsp3) is 0.148. The summed E-state index contributed by atoms with van der Waals surface area (Å²) in [5, 5.41) is 0.768. The van der Waals surface area contributed by atoms with Gasteiger partial charge in [0.05, 0.1) is 33.8 Å². The number of fused-ring (bicyclic) bond motifs is 3. The summed E-state index contributed by atoms with van der Waals surface area (Å²) in [6.07, 6.45) is 0. The minimum absolute atomic E-state index is 0.0106. The molecule has 6 nitrogen and oxygen atoms in total. The standard InChI is InChI=1S/C27H19FN2O4S/c1-3-33-17-6-4-5-15(12-17)23-22-24(31)18-11-14(2)7-10-20(18)34-25(22)26(32)30(23)27-29-19-9-8-16(28)13-21(19)35-27/h4-13,23H,3H2,1-2H3/t23-/m0/s1. The Hall–Kier alpha value is -4.04. The Bertz CT molecular complexity index is 1710. The van der Waals surface area contributed by atoms with Crippen molar-refractivity contribution in [2.45, 2.75) is 19.9 Å². The van der Waals surface area contributed by atoms with Crippen molar-refractivity contribution in [3.05, 3.63) is 99.2 Å². The number of hydrogen-bond acceptors (Lipinski definition) is 6. The van der Waals surface area contributed by atoms with Crippen LogP contribution >= 0.6 is 11.3 Å². The van der Waals surface area contributed by atoms with E-state index in [4.69, 9.17) is 9.15 Å². The number of ether oxygens (including phenoxy) is 1. The molecule has 2 aromatic heterocycles. The van der Waals surface area contributed by atoms with E-state index < -0.39 is 11.9 Å². The van der Waals surface area contributed by atoms with Crippen LogP contribution in [0.1, 0.15) is 40.2 Å². The van der Waals surface area contributed by atoms with Gasteiger partial charge in [-0.15, -0.1) is 0 Å². The zero-order valence-corrected chi connectivity index (χ0v) is 19.7. The molecule has 0 bridgehead atoms. The Morgan fingerprint density at radius 3 is 2.80 bits per heavy atom. The lowest BCUT2D eigenvalue weighted by Crippen LogP contribution is -2.29. The molecule has 0 aliphatic carbocycles. The van der Waals surface area contributed by atoms with Crippen LogP contribution in [-0.2, 0) is 0 Å². The quantitative estimate of drug-likeness (QED) is 0.312. The van der Waals surface area contributed by atoms with Gasteiger partial charge in [0, 0.05) is 0 Å². The third-order valence-corrected chi connectivity index (χ3v) is 7.07. The summed E-state index contributed by atoms with van der Waals surface area (Å²) in [6, 6.07) is 16.1. The maximum Gasteiger partial charge on any atom is 0.297 e. The third-order valence-electron chi connectivity index (χ3n) is 6.06. The predicted molar refractivity (Wildman–Crippen MR) is 133 cm³/mol. The Kier molecular flexibility index (Phi) is 4.93. The van der Waals surface area contributed by atoms with Crippen LogP contribution in [0.15, 0.2) is 69.9 Å². The molecule has 8 heteroatoms. The lowest BCUT2D eigenvalue weighted by atomic mass is 9.98. The average Bonchev–Trinajstić information content (AvgIpc) is 3.38. The number of rotatable bonds is 4. The zero-order chi connectivity index (χ0) is 24.3. The van der Waals surface area contributed by atoms with Gasteiger partial charge in [-0.25, -0.2) is 9.37 Å². The van der Waals surface area contributed by atoms with E-state index in [9.17, 15) is 14.0 Å². The predicted octanol–water partition coefficient (Wildman–Crippen LogP) is 6.00. The van der Waals surface area contributed by atoms with Crippen LogP contribution in [0.5, 0.6) is 5.75 Å². The first-order chi connectivity index (χ1) is 16.9. The van der Waals surface area contributed by atoms with Crippen molar-refractivity contribution in [3.63, 3.8) is 0 Å². The number of thiazole rings is 1. The van der Waals surface area contributed by atoms with Crippen LogP contribution in [0.25, 0.3) is 21.2 Å². The molecule has 174 valence electrons. The van der Waals surface area contributed by atoms with Gasteiger partial charge >= 0.3 is 0 Å². The molecule has 1 amide bonds. The van der Waals surface area contributed by atoms with Crippen molar-refractivity contribution >= 4 is 43.6 Å². The molecule has 1 aliphatic heterocycles. The molecular formula is C27H19FN2O4S. The van der Waals surface area contributed by atoms with Crippen molar-refractivity contribution in [3.8, 4) is 5.75 Å². The molecule has 3 aromatic carbocycles. The van der Waals surface area contributed by atoms with Crippen molar-refractivity contribution in [2.24, 2.45) is 0 Å². The number of anilines is 1. The number of carbonyl (C=O) groups excluding carboxylic acids is 1. The van der Waals surface area contributed by atoms with Crippen molar-refractivity contribution in [1.82, 2.24) is 4.98 Å². The van der Waals surface area contributed by atoms with E-state index in [0.29, 0.717) is 44.2 Å². The zero-order valence-electron chi connectivity index (χ0n) is 18.9. The summed E-state index contributed by atoms with van der Waals surface area (Å²) in [5.41, 5.74) is 2.51. The SMILES string of the molecule is CCOc1cccc([C@H]2c3c(oc4ccc(C)cc4c3=O)C(=O)N2c2nc3ccc(F)cc3s2)c1. The van der Waals surface area contributed by atoms with Gasteiger partial charge < -0.3 is 9.15 Å². The summed E-state index contributed by atoms with van der Waals surface area (Å²) < 4.78 is 26.2. The second-order valence-electron chi connectivity index (χ2n) is 8.37. The molecule has 0 unspecified atom stereocenters. The Balaban J connectivity index is 1.63. The van der Waals surface area contributed by atoms with E-state index in [-0.39, 0.29) is 22.6 Å². The molecule has 0 spiro atoms.